The molecule has 0 spiro atoms. The first-order valence-electron chi connectivity index (χ1n) is 6.50. The van der Waals surface area contributed by atoms with Gasteiger partial charge in [0, 0.05) is 13.1 Å². The zero-order chi connectivity index (χ0) is 17.6. The molecule has 10 heteroatoms. The number of hydrogen-bond donors (Lipinski definition) is 1. The van der Waals surface area contributed by atoms with E-state index in [1.54, 1.807) is 0 Å². The summed E-state index contributed by atoms with van der Waals surface area (Å²) in [5.74, 6) is -6.72. The summed E-state index contributed by atoms with van der Waals surface area (Å²) in [5.41, 5.74) is 0.182. The molecule has 2 rings (SSSR count). The summed E-state index contributed by atoms with van der Waals surface area (Å²) in [6.45, 7) is -0.405. The molecule has 0 aliphatic carbocycles. The van der Waals surface area contributed by atoms with Gasteiger partial charge in [-0.15, -0.1) is 0 Å². The zero-order valence-electron chi connectivity index (χ0n) is 11.8. The lowest BCUT2D eigenvalue weighted by Gasteiger charge is -2.18. The number of halogens is 4. The maximum absolute atomic E-state index is 13.5. The van der Waals surface area contributed by atoms with Gasteiger partial charge in [0.15, 0.2) is 0 Å². The number of carboxylic acid groups (broad SMARTS) is 1. The molecule has 1 heterocycles. The van der Waals surface area contributed by atoms with Gasteiger partial charge in [-0.2, -0.15) is 17.5 Å². The predicted molar refractivity (Wildman–Crippen MR) is 70.6 cm³/mol. The van der Waals surface area contributed by atoms with Crippen LogP contribution in [0.25, 0.3) is 0 Å². The van der Waals surface area contributed by atoms with Crippen molar-refractivity contribution in [1.82, 2.24) is 4.31 Å². The number of nitrogens with zero attached hydrogens (tertiary/aromatic N) is 1. The Morgan fingerprint density at radius 3 is 2.35 bits per heavy atom. The first kappa shape index (κ1) is 17.7. The average Bonchev–Trinajstić information content (AvgIpc) is 2.87. The molecule has 5 nitrogen and oxygen atoms in total. The number of hydrogen-bond acceptors (Lipinski definition) is 3. The fourth-order valence-corrected chi connectivity index (χ4v) is 3.93. The lowest BCUT2D eigenvalue weighted by molar-refractivity contribution is -0.187. The van der Waals surface area contributed by atoms with Gasteiger partial charge in [-0.1, -0.05) is 6.07 Å². The number of sulfonamides is 1. The van der Waals surface area contributed by atoms with Gasteiger partial charge < -0.3 is 5.11 Å². The molecule has 1 fully saturated rings. The number of carbonyl (C=O) groups is 1. The molecule has 0 aromatic heterocycles. The lowest BCUT2D eigenvalue weighted by atomic mass is 9.96. The minimum Gasteiger partial charge on any atom is -0.481 e. The number of aliphatic carboxylic acids is 1. The van der Waals surface area contributed by atoms with Crippen LogP contribution in [0.4, 0.5) is 17.6 Å². The average molecular weight is 355 g/mol. The van der Waals surface area contributed by atoms with Gasteiger partial charge in [0.25, 0.3) is 0 Å². The third kappa shape index (κ3) is 3.32. The zero-order valence-corrected chi connectivity index (χ0v) is 12.7. The summed E-state index contributed by atoms with van der Waals surface area (Å²) < 4.78 is 77.3. The fraction of sp³-hybridized carbons (Fsp3) is 0.462. The standard InChI is InChI=1S/C13H13F4NO4S/c1-7-2-3-8(4-11(7)14)23(21,22)18-5-9(12(19)20)10(6-18)13(15,16)17/h2-4,9-10H,5-6H2,1H3,(H,19,20)/t9-,10-/m1/s1. The van der Waals surface area contributed by atoms with E-state index >= 15 is 0 Å². The second kappa shape index (κ2) is 5.75. The Balaban J connectivity index is 2.38. The van der Waals surface area contributed by atoms with Crippen molar-refractivity contribution in [1.29, 1.82) is 0 Å². The van der Waals surface area contributed by atoms with E-state index < -0.39 is 57.8 Å². The van der Waals surface area contributed by atoms with E-state index in [0.717, 1.165) is 6.07 Å². The molecular weight excluding hydrogens is 342 g/mol. The van der Waals surface area contributed by atoms with Crippen molar-refractivity contribution >= 4 is 16.0 Å². The Hall–Kier alpha value is -1.68. The van der Waals surface area contributed by atoms with Gasteiger partial charge in [-0.05, 0) is 24.6 Å². The second-order valence-electron chi connectivity index (χ2n) is 5.33. The van der Waals surface area contributed by atoms with Gasteiger partial charge in [0.2, 0.25) is 10.0 Å². The van der Waals surface area contributed by atoms with E-state index in [0.29, 0.717) is 10.4 Å². The number of rotatable bonds is 3. The highest BCUT2D eigenvalue weighted by molar-refractivity contribution is 7.89. The Morgan fingerprint density at radius 2 is 1.91 bits per heavy atom. The molecule has 128 valence electrons. The van der Waals surface area contributed by atoms with Crippen molar-refractivity contribution in [2.24, 2.45) is 11.8 Å². The van der Waals surface area contributed by atoms with Crippen LogP contribution in [0.1, 0.15) is 5.56 Å². The normalized spacial score (nSPS) is 23.2. The van der Waals surface area contributed by atoms with Crippen molar-refractivity contribution in [2.75, 3.05) is 13.1 Å². The van der Waals surface area contributed by atoms with Gasteiger partial charge >= 0.3 is 12.1 Å². The van der Waals surface area contributed by atoms with E-state index in [9.17, 15) is 30.8 Å². The SMILES string of the molecule is Cc1ccc(S(=O)(=O)N2C[C@@H](C(F)(F)F)[C@H](C(=O)O)C2)cc1F. The molecule has 1 aromatic rings. The molecule has 2 atom stereocenters. The summed E-state index contributed by atoms with van der Waals surface area (Å²) in [6, 6.07) is 2.97. The quantitative estimate of drug-likeness (QED) is 0.842. The lowest BCUT2D eigenvalue weighted by Crippen LogP contribution is -2.34. The summed E-state index contributed by atoms with van der Waals surface area (Å²) >= 11 is 0. The first-order chi connectivity index (χ1) is 10.4. The Kier molecular flexibility index (Phi) is 4.42. The molecule has 1 aliphatic rings. The number of benzene rings is 1. The third-order valence-corrected chi connectivity index (χ3v) is 5.63. The summed E-state index contributed by atoms with van der Waals surface area (Å²) in [6.07, 6.45) is -4.84. The molecule has 1 N–H and O–H groups in total. The largest absolute Gasteiger partial charge is 0.481 e. The van der Waals surface area contributed by atoms with Crippen LogP contribution in [0, 0.1) is 24.6 Å². The smallest absolute Gasteiger partial charge is 0.393 e. The highest BCUT2D eigenvalue weighted by Gasteiger charge is 2.54. The van der Waals surface area contributed by atoms with Gasteiger partial charge in [0.05, 0.1) is 16.7 Å². The molecule has 0 amide bonds. The van der Waals surface area contributed by atoms with E-state index in [2.05, 4.69) is 0 Å². The van der Waals surface area contributed by atoms with Crippen LogP contribution in [-0.4, -0.2) is 43.1 Å². The molecule has 0 unspecified atom stereocenters. The highest BCUT2D eigenvalue weighted by atomic mass is 32.2. The van der Waals surface area contributed by atoms with Gasteiger partial charge in [-0.3, -0.25) is 4.79 Å². The van der Waals surface area contributed by atoms with E-state index in [1.807, 2.05) is 0 Å². The van der Waals surface area contributed by atoms with Crippen molar-refractivity contribution in [3.8, 4) is 0 Å². The van der Waals surface area contributed by atoms with E-state index in [1.165, 1.54) is 13.0 Å². The van der Waals surface area contributed by atoms with E-state index in [4.69, 9.17) is 5.11 Å². The minimum absolute atomic E-state index is 0.182. The fourth-order valence-electron chi connectivity index (χ4n) is 2.43. The molecule has 0 bridgehead atoms. The van der Waals surface area contributed by atoms with Crippen molar-refractivity contribution < 1.29 is 35.9 Å². The van der Waals surface area contributed by atoms with Crippen LogP contribution in [0.15, 0.2) is 23.1 Å². The second-order valence-corrected chi connectivity index (χ2v) is 7.26. The predicted octanol–water partition coefficient (Wildman–Crippen LogP) is 2.02. The molecule has 0 saturated carbocycles. The van der Waals surface area contributed by atoms with Gasteiger partial charge in [0.1, 0.15) is 5.82 Å². The summed E-state index contributed by atoms with van der Waals surface area (Å²) in [4.78, 5) is 10.5. The number of alkyl halides is 3. The maximum Gasteiger partial charge on any atom is 0.393 e. The first-order valence-corrected chi connectivity index (χ1v) is 7.94. The molecule has 1 saturated heterocycles. The molecule has 23 heavy (non-hydrogen) atoms. The maximum atomic E-state index is 13.5. The summed E-state index contributed by atoms with van der Waals surface area (Å²) in [5, 5.41) is 8.90. The minimum atomic E-state index is -4.84. The molecule has 0 radical (unpaired) electrons. The van der Waals surface area contributed by atoms with Crippen LogP contribution in [-0.2, 0) is 14.8 Å². The van der Waals surface area contributed by atoms with Crippen molar-refractivity contribution in [3.63, 3.8) is 0 Å². The monoisotopic (exact) mass is 355 g/mol. The van der Waals surface area contributed by atoms with Crippen LogP contribution in [0.3, 0.4) is 0 Å². The Bertz CT molecular complexity index is 732. The Labute approximate surface area is 129 Å². The van der Waals surface area contributed by atoms with Crippen LogP contribution >= 0.6 is 0 Å². The van der Waals surface area contributed by atoms with Crippen molar-refractivity contribution in [3.05, 3.63) is 29.6 Å². The number of aryl methyl sites for hydroxylation is 1. The molecular formula is C13H13F4NO4S. The van der Waals surface area contributed by atoms with E-state index in [-0.39, 0.29) is 5.56 Å². The van der Waals surface area contributed by atoms with Crippen molar-refractivity contribution in [2.45, 2.75) is 18.0 Å². The van der Waals surface area contributed by atoms with Crippen LogP contribution < -0.4 is 0 Å². The topological polar surface area (TPSA) is 74.7 Å². The van der Waals surface area contributed by atoms with Crippen LogP contribution in [0.5, 0.6) is 0 Å². The van der Waals surface area contributed by atoms with Gasteiger partial charge in [-0.25, -0.2) is 12.8 Å². The summed E-state index contributed by atoms with van der Waals surface area (Å²) in [7, 11) is -4.41. The Morgan fingerprint density at radius 1 is 1.30 bits per heavy atom. The highest BCUT2D eigenvalue weighted by Crippen LogP contribution is 2.39. The number of carboxylic acids is 1. The third-order valence-electron chi connectivity index (χ3n) is 3.81. The van der Waals surface area contributed by atoms with Crippen LogP contribution in [0.2, 0.25) is 0 Å². The molecule has 1 aromatic carbocycles. The molecule has 1 aliphatic heterocycles.